The van der Waals surface area contributed by atoms with Gasteiger partial charge in [-0.3, -0.25) is 0 Å². The Morgan fingerprint density at radius 3 is 2.37 bits per heavy atom. The quantitative estimate of drug-likeness (QED) is 0.573. The van der Waals surface area contributed by atoms with Gasteiger partial charge in [-0.05, 0) is 25.0 Å². The molecule has 1 aromatic carbocycles. The third kappa shape index (κ3) is 4.59. The highest BCUT2D eigenvalue weighted by molar-refractivity contribution is 8.13. The van der Waals surface area contributed by atoms with Gasteiger partial charge in [0.2, 0.25) is 5.82 Å². The number of ether oxygens (including phenoxy) is 2. The molecule has 19 heavy (non-hydrogen) atoms. The Morgan fingerprint density at radius 1 is 1.16 bits per heavy atom. The molecule has 0 spiro atoms. The third-order valence-electron chi connectivity index (χ3n) is 2.27. The van der Waals surface area contributed by atoms with Crippen LogP contribution in [-0.4, -0.2) is 28.7 Å². The monoisotopic (exact) mass is 314 g/mol. The molecule has 0 aliphatic heterocycles. The summed E-state index contributed by atoms with van der Waals surface area (Å²) >= 11 is 0. The standard InChI is InChI=1S/C11H13ClF2O4S/c1-17-6-2-3-7-18-8-4-5-9(19(12,15)16)11(14)10(8)13/h4-5H,2-3,6-7H2,1H3. The minimum atomic E-state index is -4.32. The van der Waals surface area contributed by atoms with E-state index in [9.17, 15) is 17.2 Å². The van der Waals surface area contributed by atoms with E-state index in [1.807, 2.05) is 0 Å². The molecule has 0 unspecified atom stereocenters. The van der Waals surface area contributed by atoms with Crippen LogP contribution >= 0.6 is 10.7 Å². The van der Waals surface area contributed by atoms with E-state index in [2.05, 4.69) is 0 Å². The number of hydrogen-bond acceptors (Lipinski definition) is 4. The molecule has 4 nitrogen and oxygen atoms in total. The number of benzene rings is 1. The Bertz CT molecular complexity index is 534. The fourth-order valence-corrected chi connectivity index (χ4v) is 2.24. The molecule has 0 fully saturated rings. The number of methoxy groups -OCH3 is 1. The highest BCUT2D eigenvalue weighted by atomic mass is 35.7. The average molecular weight is 315 g/mol. The zero-order chi connectivity index (χ0) is 14.5. The van der Waals surface area contributed by atoms with Crippen LogP contribution in [0.15, 0.2) is 17.0 Å². The van der Waals surface area contributed by atoms with Crippen molar-refractivity contribution >= 4 is 19.7 Å². The zero-order valence-electron chi connectivity index (χ0n) is 10.2. The summed E-state index contributed by atoms with van der Waals surface area (Å²) in [7, 11) is 2.20. The predicted molar refractivity (Wildman–Crippen MR) is 66.0 cm³/mol. The van der Waals surface area contributed by atoms with E-state index in [0.717, 1.165) is 18.6 Å². The van der Waals surface area contributed by atoms with Crippen LogP contribution in [0.25, 0.3) is 0 Å². The van der Waals surface area contributed by atoms with Crippen LogP contribution in [0.5, 0.6) is 5.75 Å². The van der Waals surface area contributed by atoms with E-state index < -0.39 is 25.6 Å². The summed E-state index contributed by atoms with van der Waals surface area (Å²) in [5.41, 5.74) is 0. The summed E-state index contributed by atoms with van der Waals surface area (Å²) in [4.78, 5) is -0.904. The SMILES string of the molecule is COCCCCOc1ccc(S(=O)(=O)Cl)c(F)c1F. The molecule has 108 valence electrons. The summed E-state index contributed by atoms with van der Waals surface area (Å²) in [5, 5.41) is 0. The van der Waals surface area contributed by atoms with Crippen LogP contribution in [0.1, 0.15) is 12.8 Å². The summed E-state index contributed by atoms with van der Waals surface area (Å²) in [5.74, 6) is -3.25. The fourth-order valence-electron chi connectivity index (χ4n) is 1.34. The lowest BCUT2D eigenvalue weighted by Gasteiger charge is -2.08. The van der Waals surface area contributed by atoms with Gasteiger partial charge in [-0.1, -0.05) is 0 Å². The Balaban J connectivity index is 2.75. The van der Waals surface area contributed by atoms with Crippen molar-refractivity contribution in [2.45, 2.75) is 17.7 Å². The molecule has 0 aliphatic rings. The molecule has 0 saturated carbocycles. The van der Waals surface area contributed by atoms with E-state index in [-0.39, 0.29) is 12.4 Å². The second-order valence-corrected chi connectivity index (χ2v) is 6.21. The molecule has 8 heteroatoms. The van der Waals surface area contributed by atoms with E-state index in [1.54, 1.807) is 7.11 Å². The Hall–Kier alpha value is -0.920. The lowest BCUT2D eigenvalue weighted by molar-refractivity contribution is 0.183. The van der Waals surface area contributed by atoms with Crippen molar-refractivity contribution < 1.29 is 26.7 Å². The first-order valence-electron chi connectivity index (χ1n) is 5.42. The Labute approximate surface area is 114 Å². The number of hydrogen-bond donors (Lipinski definition) is 0. The molecule has 0 heterocycles. The van der Waals surface area contributed by atoms with Gasteiger partial charge >= 0.3 is 0 Å². The minimum Gasteiger partial charge on any atom is -0.490 e. The molecule has 0 N–H and O–H groups in total. The number of rotatable bonds is 7. The van der Waals surface area contributed by atoms with Crippen molar-refractivity contribution in [3.8, 4) is 5.75 Å². The summed E-state index contributed by atoms with van der Waals surface area (Å²) in [6, 6.07) is 1.90. The lowest BCUT2D eigenvalue weighted by Crippen LogP contribution is -2.04. The zero-order valence-corrected chi connectivity index (χ0v) is 11.7. The van der Waals surface area contributed by atoms with E-state index in [1.165, 1.54) is 0 Å². The summed E-state index contributed by atoms with van der Waals surface area (Å²) < 4.78 is 58.7. The molecule has 0 saturated heterocycles. The molecule has 0 amide bonds. The topological polar surface area (TPSA) is 52.6 Å². The molecule has 1 rings (SSSR count). The minimum absolute atomic E-state index is 0.173. The van der Waals surface area contributed by atoms with Crippen LogP contribution in [-0.2, 0) is 13.8 Å². The first-order valence-corrected chi connectivity index (χ1v) is 7.73. The number of halogens is 3. The first kappa shape index (κ1) is 16.1. The second-order valence-electron chi connectivity index (χ2n) is 3.68. The highest BCUT2D eigenvalue weighted by Crippen LogP contribution is 2.27. The molecule has 1 aromatic rings. The van der Waals surface area contributed by atoms with Crippen molar-refractivity contribution in [2.75, 3.05) is 20.3 Å². The normalized spacial score (nSPS) is 11.6. The van der Waals surface area contributed by atoms with Gasteiger partial charge < -0.3 is 9.47 Å². The average Bonchev–Trinajstić information content (AvgIpc) is 2.32. The maximum atomic E-state index is 13.5. The van der Waals surface area contributed by atoms with Crippen molar-refractivity contribution in [1.29, 1.82) is 0 Å². The fraction of sp³-hybridized carbons (Fsp3) is 0.455. The number of unbranched alkanes of at least 4 members (excludes halogenated alkanes) is 1. The smallest absolute Gasteiger partial charge is 0.264 e. The summed E-state index contributed by atoms with van der Waals surface area (Å²) in [6.45, 7) is 0.719. The molecule has 0 radical (unpaired) electrons. The Morgan fingerprint density at radius 2 is 1.79 bits per heavy atom. The van der Waals surface area contributed by atoms with Crippen LogP contribution in [0, 0.1) is 11.6 Å². The van der Waals surface area contributed by atoms with E-state index >= 15 is 0 Å². The molecule has 0 aromatic heterocycles. The first-order chi connectivity index (χ1) is 8.88. The van der Waals surface area contributed by atoms with Gasteiger partial charge in [0.05, 0.1) is 6.61 Å². The predicted octanol–water partition coefficient (Wildman–Crippen LogP) is 2.70. The van der Waals surface area contributed by atoms with Gasteiger partial charge in [-0.25, -0.2) is 12.8 Å². The largest absolute Gasteiger partial charge is 0.490 e. The molecule has 0 aliphatic carbocycles. The van der Waals surface area contributed by atoms with Crippen LogP contribution < -0.4 is 4.74 Å². The molecular formula is C11H13ClF2O4S. The third-order valence-corrected chi connectivity index (χ3v) is 3.61. The van der Waals surface area contributed by atoms with Gasteiger partial charge in [0.1, 0.15) is 4.90 Å². The van der Waals surface area contributed by atoms with Crippen molar-refractivity contribution in [1.82, 2.24) is 0 Å². The van der Waals surface area contributed by atoms with Gasteiger partial charge in [0.15, 0.2) is 11.6 Å². The van der Waals surface area contributed by atoms with Gasteiger partial charge in [-0.15, -0.1) is 0 Å². The van der Waals surface area contributed by atoms with Crippen LogP contribution in [0.4, 0.5) is 8.78 Å². The molecular weight excluding hydrogens is 302 g/mol. The maximum absolute atomic E-state index is 13.5. The van der Waals surface area contributed by atoms with Gasteiger partial charge in [-0.2, -0.15) is 4.39 Å². The summed E-state index contributed by atoms with van der Waals surface area (Å²) in [6.07, 6.45) is 1.32. The maximum Gasteiger partial charge on any atom is 0.264 e. The van der Waals surface area contributed by atoms with Crippen molar-refractivity contribution in [2.24, 2.45) is 0 Å². The van der Waals surface area contributed by atoms with Gasteiger partial charge in [0, 0.05) is 24.4 Å². The Kier molecular flexibility index (Phi) is 5.96. The van der Waals surface area contributed by atoms with E-state index in [0.29, 0.717) is 13.0 Å². The van der Waals surface area contributed by atoms with Crippen molar-refractivity contribution in [3.63, 3.8) is 0 Å². The highest BCUT2D eigenvalue weighted by Gasteiger charge is 2.22. The molecule has 0 atom stereocenters. The molecule has 0 bridgehead atoms. The van der Waals surface area contributed by atoms with Crippen LogP contribution in [0.2, 0.25) is 0 Å². The second kappa shape index (κ2) is 7.02. The lowest BCUT2D eigenvalue weighted by atomic mass is 10.3. The van der Waals surface area contributed by atoms with Crippen LogP contribution in [0.3, 0.4) is 0 Å². The van der Waals surface area contributed by atoms with Gasteiger partial charge in [0.25, 0.3) is 9.05 Å². The van der Waals surface area contributed by atoms with E-state index in [4.69, 9.17) is 20.2 Å². The van der Waals surface area contributed by atoms with Crippen molar-refractivity contribution in [3.05, 3.63) is 23.8 Å².